The summed E-state index contributed by atoms with van der Waals surface area (Å²) < 4.78 is 5.40. The normalized spacial score (nSPS) is 10.8. The molecule has 0 N–H and O–H groups in total. The van der Waals surface area contributed by atoms with E-state index in [2.05, 4.69) is 0 Å². The fourth-order valence-electron chi connectivity index (χ4n) is 1.22. The van der Waals surface area contributed by atoms with E-state index in [0.29, 0.717) is 11.6 Å². The van der Waals surface area contributed by atoms with Crippen molar-refractivity contribution in [2.24, 2.45) is 0 Å². The molecule has 0 aliphatic heterocycles. The van der Waals surface area contributed by atoms with Crippen molar-refractivity contribution in [2.45, 2.75) is 13.3 Å². The van der Waals surface area contributed by atoms with E-state index in [9.17, 15) is 4.79 Å². The highest BCUT2D eigenvalue weighted by Crippen LogP contribution is 2.35. The first-order chi connectivity index (χ1) is 8.07. The van der Waals surface area contributed by atoms with Crippen molar-refractivity contribution in [3.8, 4) is 5.75 Å². The molecule has 0 saturated heterocycles. The van der Waals surface area contributed by atoms with Crippen LogP contribution in [0.25, 0.3) is 0 Å². The quantitative estimate of drug-likeness (QED) is 0.580. The predicted molar refractivity (Wildman–Crippen MR) is 71.6 cm³/mol. The van der Waals surface area contributed by atoms with Gasteiger partial charge in [0, 0.05) is 0 Å². The van der Waals surface area contributed by atoms with Crippen LogP contribution in [0, 0.1) is 0 Å². The molecule has 0 amide bonds. The molecule has 5 heteroatoms. The third-order valence-corrected chi connectivity index (χ3v) is 2.78. The lowest BCUT2D eigenvalue weighted by Gasteiger charge is -2.10. The Labute approximate surface area is 115 Å². The summed E-state index contributed by atoms with van der Waals surface area (Å²) in [5.74, 6) is 0.222. The summed E-state index contributed by atoms with van der Waals surface area (Å²) in [6.45, 7) is 2.32. The molecule has 1 rings (SSSR count). The Morgan fingerprint density at radius 1 is 1.29 bits per heavy atom. The molecule has 0 unspecified atom stereocenters. The van der Waals surface area contributed by atoms with Gasteiger partial charge in [-0.1, -0.05) is 42.3 Å². The topological polar surface area (TPSA) is 26.3 Å². The van der Waals surface area contributed by atoms with Crippen molar-refractivity contribution in [3.63, 3.8) is 0 Å². The molecule has 0 fully saturated rings. The highest BCUT2D eigenvalue weighted by Gasteiger charge is 2.17. The van der Waals surface area contributed by atoms with Gasteiger partial charge in [0.25, 0.3) is 5.24 Å². The van der Waals surface area contributed by atoms with Gasteiger partial charge in [0.2, 0.25) is 0 Å². The first-order valence-corrected chi connectivity index (χ1v) is 6.17. The van der Waals surface area contributed by atoms with Gasteiger partial charge in [0.05, 0.1) is 15.6 Å². The molecule has 0 heterocycles. The maximum absolute atomic E-state index is 11.3. The minimum absolute atomic E-state index is 0.103. The van der Waals surface area contributed by atoms with Crippen molar-refractivity contribution in [2.75, 3.05) is 6.61 Å². The Morgan fingerprint density at radius 2 is 1.94 bits per heavy atom. The first kappa shape index (κ1) is 14.4. The lowest BCUT2D eigenvalue weighted by molar-refractivity contribution is 0.107. The zero-order valence-electron chi connectivity index (χ0n) is 9.17. The molecule has 0 saturated carbocycles. The lowest BCUT2D eigenvalue weighted by atomic mass is 10.2. The maximum atomic E-state index is 11.3. The largest absolute Gasteiger partial charge is 0.487 e. The van der Waals surface area contributed by atoms with Crippen LogP contribution in [0.4, 0.5) is 0 Å². The van der Waals surface area contributed by atoms with Gasteiger partial charge < -0.3 is 4.74 Å². The number of allylic oxidation sites excluding steroid dienone is 1. The van der Waals surface area contributed by atoms with Crippen molar-refractivity contribution >= 4 is 40.0 Å². The summed E-state index contributed by atoms with van der Waals surface area (Å²) in [5, 5.41) is -0.154. The van der Waals surface area contributed by atoms with Crippen molar-refractivity contribution < 1.29 is 9.53 Å². The van der Waals surface area contributed by atoms with E-state index < -0.39 is 5.24 Å². The summed E-state index contributed by atoms with van der Waals surface area (Å²) in [5.41, 5.74) is 0.103. The van der Waals surface area contributed by atoms with Crippen LogP contribution in [0.5, 0.6) is 5.75 Å². The van der Waals surface area contributed by atoms with Crippen molar-refractivity contribution in [3.05, 3.63) is 39.9 Å². The Kier molecular flexibility index (Phi) is 5.83. The van der Waals surface area contributed by atoms with Gasteiger partial charge in [-0.25, -0.2) is 0 Å². The predicted octanol–water partition coefficient (Wildman–Crippen LogP) is 4.72. The molecule has 0 atom stereocenters. The minimum atomic E-state index is -0.688. The fraction of sp³-hybridized carbons (Fsp3) is 0.250. The summed E-state index contributed by atoms with van der Waals surface area (Å²) in [7, 11) is 0. The third kappa shape index (κ3) is 3.91. The molecule has 0 spiro atoms. The molecule has 92 valence electrons. The van der Waals surface area contributed by atoms with E-state index in [4.69, 9.17) is 39.5 Å². The molecule has 17 heavy (non-hydrogen) atoms. The second-order valence-electron chi connectivity index (χ2n) is 3.20. The summed E-state index contributed by atoms with van der Waals surface area (Å²) in [6.07, 6.45) is 4.69. The van der Waals surface area contributed by atoms with Gasteiger partial charge in [-0.05, 0) is 30.2 Å². The second-order valence-corrected chi connectivity index (χ2v) is 4.36. The molecule has 1 aromatic carbocycles. The molecular formula is C12H11Cl3O2. The second kappa shape index (κ2) is 6.90. The Bertz CT molecular complexity index is 442. The van der Waals surface area contributed by atoms with E-state index in [-0.39, 0.29) is 16.3 Å². The number of rotatable bonds is 5. The molecule has 1 aromatic rings. The van der Waals surface area contributed by atoms with Gasteiger partial charge >= 0.3 is 0 Å². The molecule has 0 radical (unpaired) electrons. The van der Waals surface area contributed by atoms with E-state index in [0.717, 1.165) is 6.42 Å². The van der Waals surface area contributed by atoms with Crippen molar-refractivity contribution in [1.82, 2.24) is 0 Å². The maximum Gasteiger partial charge on any atom is 0.257 e. The zero-order valence-corrected chi connectivity index (χ0v) is 11.4. The molecule has 0 aliphatic carbocycles. The zero-order chi connectivity index (χ0) is 12.8. The molecular weight excluding hydrogens is 282 g/mol. The van der Waals surface area contributed by atoms with Gasteiger partial charge in [-0.3, -0.25) is 4.79 Å². The van der Waals surface area contributed by atoms with Crippen LogP contribution in [-0.4, -0.2) is 11.8 Å². The van der Waals surface area contributed by atoms with Gasteiger partial charge in [-0.15, -0.1) is 0 Å². The SMILES string of the molecule is CC/C=C\COc1c(Cl)ccc(Cl)c1C(=O)Cl. The molecule has 0 aliphatic rings. The number of hydrogen-bond acceptors (Lipinski definition) is 2. The Balaban J connectivity index is 3.00. The minimum Gasteiger partial charge on any atom is -0.487 e. The summed E-state index contributed by atoms with van der Waals surface area (Å²) in [6, 6.07) is 3.07. The lowest BCUT2D eigenvalue weighted by Crippen LogP contribution is -2.01. The summed E-state index contributed by atoms with van der Waals surface area (Å²) >= 11 is 17.3. The number of ether oxygens (including phenoxy) is 1. The van der Waals surface area contributed by atoms with Crippen LogP contribution in [-0.2, 0) is 0 Å². The van der Waals surface area contributed by atoms with E-state index >= 15 is 0 Å². The molecule has 2 nitrogen and oxygen atoms in total. The monoisotopic (exact) mass is 292 g/mol. The van der Waals surface area contributed by atoms with Crippen LogP contribution in [0.15, 0.2) is 24.3 Å². The highest BCUT2D eigenvalue weighted by molar-refractivity contribution is 6.69. The average Bonchev–Trinajstić information content (AvgIpc) is 2.28. The van der Waals surface area contributed by atoms with Crippen LogP contribution in [0.1, 0.15) is 23.7 Å². The Morgan fingerprint density at radius 3 is 2.53 bits per heavy atom. The summed E-state index contributed by atoms with van der Waals surface area (Å²) in [4.78, 5) is 11.3. The van der Waals surface area contributed by atoms with Crippen molar-refractivity contribution in [1.29, 1.82) is 0 Å². The number of hydrogen-bond donors (Lipinski definition) is 0. The van der Waals surface area contributed by atoms with Crippen LogP contribution in [0.3, 0.4) is 0 Å². The fourth-order valence-corrected chi connectivity index (χ4v) is 1.91. The van der Waals surface area contributed by atoms with Gasteiger partial charge in [0.1, 0.15) is 6.61 Å². The first-order valence-electron chi connectivity index (χ1n) is 5.03. The molecule has 0 bridgehead atoms. The van der Waals surface area contributed by atoms with Gasteiger partial charge in [0.15, 0.2) is 5.75 Å². The Hall–Kier alpha value is -0.700. The smallest absolute Gasteiger partial charge is 0.257 e. The number of halogens is 3. The standard InChI is InChI=1S/C12H11Cl3O2/c1-2-3-4-7-17-11-9(14)6-5-8(13)10(11)12(15)16/h3-6H,2,7H2,1H3/b4-3-. The average molecular weight is 294 g/mol. The van der Waals surface area contributed by atoms with Gasteiger partial charge in [-0.2, -0.15) is 0 Å². The number of benzene rings is 1. The third-order valence-electron chi connectivity index (χ3n) is 1.98. The van der Waals surface area contributed by atoms with E-state index in [1.165, 1.54) is 6.07 Å². The van der Waals surface area contributed by atoms with Crippen LogP contribution in [0.2, 0.25) is 10.0 Å². The molecule has 0 aromatic heterocycles. The van der Waals surface area contributed by atoms with Crippen LogP contribution < -0.4 is 4.74 Å². The number of carbonyl (C=O) groups excluding carboxylic acids is 1. The number of carbonyl (C=O) groups is 1. The van der Waals surface area contributed by atoms with E-state index in [1.54, 1.807) is 6.07 Å². The van der Waals surface area contributed by atoms with E-state index in [1.807, 2.05) is 19.1 Å². The highest BCUT2D eigenvalue weighted by atomic mass is 35.5. The van der Waals surface area contributed by atoms with Crippen LogP contribution >= 0.6 is 34.8 Å².